The molecule has 1 aliphatic rings. The number of hydrogen-bond donors (Lipinski definition) is 1. The van der Waals surface area contributed by atoms with E-state index in [0.717, 1.165) is 36.8 Å². The van der Waals surface area contributed by atoms with Gasteiger partial charge in [0, 0.05) is 17.6 Å². The van der Waals surface area contributed by atoms with Crippen LogP contribution in [-0.2, 0) is 22.6 Å². The fourth-order valence-electron chi connectivity index (χ4n) is 4.00. The van der Waals surface area contributed by atoms with Gasteiger partial charge >= 0.3 is 0 Å². The summed E-state index contributed by atoms with van der Waals surface area (Å²) in [7, 11) is 0. The maximum Gasteiger partial charge on any atom is 0.243 e. The quantitative estimate of drug-likeness (QED) is 0.498. The van der Waals surface area contributed by atoms with Gasteiger partial charge in [-0.15, -0.1) is 0 Å². The van der Waals surface area contributed by atoms with E-state index in [-0.39, 0.29) is 30.8 Å². The number of hydrogen-bond acceptors (Lipinski definition) is 2. The SMILES string of the molecule is CCC(C(=O)NC1CCCC1)N(Cc1ccc(Cl)c(Cl)c1)C(=O)Cc1ccc(Cl)cc1. The molecule has 1 fully saturated rings. The molecule has 166 valence electrons. The second kappa shape index (κ2) is 11.2. The van der Waals surface area contributed by atoms with Crippen molar-refractivity contribution < 1.29 is 9.59 Å². The summed E-state index contributed by atoms with van der Waals surface area (Å²) in [6, 6.07) is 12.1. The molecule has 0 spiro atoms. The van der Waals surface area contributed by atoms with Crippen molar-refractivity contribution in [2.45, 2.75) is 64.1 Å². The van der Waals surface area contributed by atoms with E-state index in [1.807, 2.05) is 25.1 Å². The molecular formula is C24H27Cl3N2O2. The van der Waals surface area contributed by atoms with Gasteiger partial charge in [0.05, 0.1) is 16.5 Å². The van der Waals surface area contributed by atoms with Gasteiger partial charge < -0.3 is 10.2 Å². The number of benzene rings is 2. The second-order valence-corrected chi connectivity index (χ2v) is 9.24. The molecule has 4 nitrogen and oxygen atoms in total. The third-order valence-corrected chi connectivity index (χ3v) is 6.68. The van der Waals surface area contributed by atoms with Crippen molar-refractivity contribution in [2.24, 2.45) is 0 Å². The Labute approximate surface area is 198 Å². The highest BCUT2D eigenvalue weighted by Gasteiger charge is 2.30. The minimum Gasteiger partial charge on any atom is -0.352 e. The van der Waals surface area contributed by atoms with Gasteiger partial charge in [-0.2, -0.15) is 0 Å². The fourth-order valence-corrected chi connectivity index (χ4v) is 4.45. The van der Waals surface area contributed by atoms with Crippen molar-refractivity contribution in [1.82, 2.24) is 10.2 Å². The molecule has 2 amide bonds. The summed E-state index contributed by atoms with van der Waals surface area (Å²) in [4.78, 5) is 28.1. The first-order valence-electron chi connectivity index (χ1n) is 10.7. The summed E-state index contributed by atoms with van der Waals surface area (Å²) in [5.74, 6) is -0.222. The number of nitrogens with one attached hydrogen (secondary N) is 1. The van der Waals surface area contributed by atoms with Crippen molar-refractivity contribution in [1.29, 1.82) is 0 Å². The summed E-state index contributed by atoms with van der Waals surface area (Å²) >= 11 is 18.2. The summed E-state index contributed by atoms with van der Waals surface area (Å²) in [5, 5.41) is 4.64. The first-order valence-corrected chi connectivity index (χ1v) is 11.8. The molecule has 0 saturated heterocycles. The molecule has 1 atom stereocenters. The molecule has 1 N–H and O–H groups in total. The molecule has 0 aliphatic heterocycles. The van der Waals surface area contributed by atoms with E-state index in [2.05, 4.69) is 5.32 Å². The zero-order valence-corrected chi connectivity index (χ0v) is 19.8. The molecule has 1 unspecified atom stereocenters. The lowest BCUT2D eigenvalue weighted by Crippen LogP contribution is -2.51. The Kier molecular flexibility index (Phi) is 8.65. The topological polar surface area (TPSA) is 49.4 Å². The molecule has 0 aromatic heterocycles. The summed E-state index contributed by atoms with van der Waals surface area (Å²) in [6.45, 7) is 2.20. The molecule has 7 heteroatoms. The van der Waals surface area contributed by atoms with Gasteiger partial charge in [0.2, 0.25) is 11.8 Å². The Morgan fingerprint density at radius 1 is 1.00 bits per heavy atom. The molecule has 2 aromatic rings. The predicted molar refractivity (Wildman–Crippen MR) is 127 cm³/mol. The monoisotopic (exact) mass is 480 g/mol. The van der Waals surface area contributed by atoms with Gasteiger partial charge in [-0.1, -0.05) is 72.8 Å². The van der Waals surface area contributed by atoms with Gasteiger partial charge in [0.15, 0.2) is 0 Å². The van der Waals surface area contributed by atoms with Crippen LogP contribution >= 0.6 is 34.8 Å². The van der Waals surface area contributed by atoms with E-state index < -0.39 is 6.04 Å². The van der Waals surface area contributed by atoms with Crippen LogP contribution in [0.2, 0.25) is 15.1 Å². The summed E-state index contributed by atoms with van der Waals surface area (Å²) in [6.07, 6.45) is 4.95. The second-order valence-electron chi connectivity index (χ2n) is 7.99. The Balaban J connectivity index is 1.83. The van der Waals surface area contributed by atoms with Crippen LogP contribution in [0.1, 0.15) is 50.2 Å². The number of nitrogens with zero attached hydrogens (tertiary/aromatic N) is 1. The highest BCUT2D eigenvalue weighted by atomic mass is 35.5. The van der Waals surface area contributed by atoms with Crippen molar-refractivity contribution in [3.63, 3.8) is 0 Å². The lowest BCUT2D eigenvalue weighted by Gasteiger charge is -2.31. The van der Waals surface area contributed by atoms with Crippen LogP contribution in [-0.4, -0.2) is 28.8 Å². The Morgan fingerprint density at radius 3 is 2.26 bits per heavy atom. The van der Waals surface area contributed by atoms with Crippen LogP contribution in [0, 0.1) is 0 Å². The fraction of sp³-hybridized carbons (Fsp3) is 0.417. The molecule has 0 heterocycles. The van der Waals surface area contributed by atoms with Gasteiger partial charge in [0.25, 0.3) is 0 Å². The summed E-state index contributed by atoms with van der Waals surface area (Å²) < 4.78 is 0. The maximum absolute atomic E-state index is 13.3. The standard InChI is InChI=1S/C24H27Cl3N2O2/c1-2-22(24(31)28-19-5-3-4-6-19)29(15-17-9-12-20(26)21(27)13-17)23(30)14-16-7-10-18(25)11-8-16/h7-13,19,22H,2-6,14-15H2,1H3,(H,28,31). The molecule has 3 rings (SSSR count). The zero-order valence-electron chi connectivity index (χ0n) is 17.5. The zero-order chi connectivity index (χ0) is 22.4. The van der Waals surface area contributed by atoms with Crippen LogP contribution in [0.4, 0.5) is 0 Å². The minimum atomic E-state index is -0.560. The first kappa shape index (κ1) is 23.9. The number of amides is 2. The summed E-state index contributed by atoms with van der Waals surface area (Å²) in [5.41, 5.74) is 1.67. The number of rotatable bonds is 8. The lowest BCUT2D eigenvalue weighted by atomic mass is 10.1. The van der Waals surface area contributed by atoms with Crippen LogP contribution < -0.4 is 5.32 Å². The molecule has 1 saturated carbocycles. The van der Waals surface area contributed by atoms with Crippen LogP contribution in [0.25, 0.3) is 0 Å². The minimum absolute atomic E-state index is 0.0982. The number of halogens is 3. The Hall–Kier alpha value is -1.75. The van der Waals surface area contributed by atoms with E-state index in [4.69, 9.17) is 34.8 Å². The largest absolute Gasteiger partial charge is 0.352 e. The molecule has 1 aliphatic carbocycles. The lowest BCUT2D eigenvalue weighted by molar-refractivity contribution is -0.141. The van der Waals surface area contributed by atoms with Crippen molar-refractivity contribution in [3.8, 4) is 0 Å². The van der Waals surface area contributed by atoms with Gasteiger partial charge in [-0.3, -0.25) is 9.59 Å². The van der Waals surface area contributed by atoms with Gasteiger partial charge in [-0.25, -0.2) is 0 Å². The van der Waals surface area contributed by atoms with Crippen molar-refractivity contribution >= 4 is 46.6 Å². The molecule has 0 radical (unpaired) electrons. The van der Waals surface area contributed by atoms with Crippen molar-refractivity contribution in [3.05, 3.63) is 68.7 Å². The molecular weight excluding hydrogens is 455 g/mol. The van der Waals surface area contributed by atoms with E-state index in [9.17, 15) is 9.59 Å². The van der Waals surface area contributed by atoms with Gasteiger partial charge in [-0.05, 0) is 54.7 Å². The number of carbonyl (C=O) groups excluding carboxylic acids is 2. The third kappa shape index (κ3) is 6.61. The van der Waals surface area contributed by atoms with Gasteiger partial charge in [0.1, 0.15) is 6.04 Å². The van der Waals surface area contributed by atoms with Crippen molar-refractivity contribution in [2.75, 3.05) is 0 Å². The van der Waals surface area contributed by atoms with Crippen LogP contribution in [0.5, 0.6) is 0 Å². The number of carbonyl (C=O) groups is 2. The van der Waals surface area contributed by atoms with Crippen LogP contribution in [0.15, 0.2) is 42.5 Å². The Morgan fingerprint density at radius 2 is 1.65 bits per heavy atom. The first-order chi connectivity index (χ1) is 14.9. The predicted octanol–water partition coefficient (Wildman–Crippen LogP) is 6.06. The van der Waals surface area contributed by atoms with E-state index in [1.54, 1.807) is 29.2 Å². The normalized spacial score (nSPS) is 15.0. The smallest absolute Gasteiger partial charge is 0.243 e. The van der Waals surface area contributed by atoms with Crippen LogP contribution in [0.3, 0.4) is 0 Å². The van der Waals surface area contributed by atoms with E-state index >= 15 is 0 Å². The van der Waals surface area contributed by atoms with E-state index in [1.165, 1.54) is 0 Å². The highest BCUT2D eigenvalue weighted by molar-refractivity contribution is 6.42. The molecule has 2 aromatic carbocycles. The Bertz CT molecular complexity index is 912. The third-order valence-electron chi connectivity index (χ3n) is 5.69. The molecule has 31 heavy (non-hydrogen) atoms. The average Bonchev–Trinajstić information content (AvgIpc) is 3.25. The molecule has 0 bridgehead atoms. The highest BCUT2D eigenvalue weighted by Crippen LogP contribution is 2.25. The van der Waals surface area contributed by atoms with E-state index in [0.29, 0.717) is 21.5 Å². The average molecular weight is 482 g/mol. The maximum atomic E-state index is 13.3.